The SMILES string of the molecule is CCOC(=O)c1c(C)[nH]c(CCC(=O)Nc2ccccc2OC)c1C. The van der Waals surface area contributed by atoms with Gasteiger partial charge in [-0.1, -0.05) is 12.1 Å². The van der Waals surface area contributed by atoms with Gasteiger partial charge in [-0.3, -0.25) is 4.79 Å². The van der Waals surface area contributed by atoms with Crippen LogP contribution in [0.25, 0.3) is 0 Å². The minimum Gasteiger partial charge on any atom is -0.495 e. The van der Waals surface area contributed by atoms with Crippen molar-refractivity contribution in [1.29, 1.82) is 0 Å². The number of aryl methyl sites for hydroxylation is 2. The number of carbonyl (C=O) groups excluding carboxylic acids is 2. The maximum Gasteiger partial charge on any atom is 0.340 e. The number of carbonyl (C=O) groups is 2. The molecule has 2 rings (SSSR count). The number of aromatic amines is 1. The summed E-state index contributed by atoms with van der Waals surface area (Å²) in [4.78, 5) is 27.4. The fraction of sp³-hybridized carbons (Fsp3) is 0.368. The monoisotopic (exact) mass is 344 g/mol. The van der Waals surface area contributed by atoms with Crippen molar-refractivity contribution in [2.24, 2.45) is 0 Å². The van der Waals surface area contributed by atoms with Gasteiger partial charge in [0.05, 0.1) is 25.0 Å². The second kappa shape index (κ2) is 8.37. The molecule has 6 nitrogen and oxygen atoms in total. The highest BCUT2D eigenvalue weighted by molar-refractivity contribution is 5.94. The fourth-order valence-electron chi connectivity index (χ4n) is 2.77. The molecule has 0 fully saturated rings. The Morgan fingerprint density at radius 3 is 2.60 bits per heavy atom. The molecule has 0 atom stereocenters. The molecule has 0 aliphatic heterocycles. The standard InChI is InChI=1S/C19H24N2O4/c1-5-25-19(23)18-12(2)14(20-13(18)3)10-11-17(22)21-15-8-6-7-9-16(15)24-4/h6-9,20H,5,10-11H2,1-4H3,(H,21,22). The van der Waals surface area contributed by atoms with Crippen molar-refractivity contribution in [3.8, 4) is 5.75 Å². The van der Waals surface area contributed by atoms with Crippen LogP contribution in [-0.4, -0.2) is 30.6 Å². The summed E-state index contributed by atoms with van der Waals surface area (Å²) in [6, 6.07) is 7.26. The van der Waals surface area contributed by atoms with Crippen molar-refractivity contribution in [3.05, 3.63) is 46.8 Å². The van der Waals surface area contributed by atoms with E-state index in [0.717, 1.165) is 17.0 Å². The molecular formula is C19H24N2O4. The molecule has 0 bridgehead atoms. The molecular weight excluding hydrogens is 320 g/mol. The van der Waals surface area contributed by atoms with Crippen molar-refractivity contribution in [2.75, 3.05) is 19.0 Å². The van der Waals surface area contributed by atoms with E-state index in [1.54, 1.807) is 26.2 Å². The third-order valence-electron chi connectivity index (χ3n) is 4.00. The number of ether oxygens (including phenoxy) is 2. The zero-order chi connectivity index (χ0) is 18.4. The second-order valence-electron chi connectivity index (χ2n) is 5.70. The topological polar surface area (TPSA) is 80.4 Å². The maximum atomic E-state index is 12.2. The fourth-order valence-corrected chi connectivity index (χ4v) is 2.77. The Bertz CT molecular complexity index is 765. The summed E-state index contributed by atoms with van der Waals surface area (Å²) >= 11 is 0. The van der Waals surface area contributed by atoms with Gasteiger partial charge in [-0.2, -0.15) is 0 Å². The van der Waals surface area contributed by atoms with Gasteiger partial charge in [-0.25, -0.2) is 4.79 Å². The van der Waals surface area contributed by atoms with E-state index in [1.165, 1.54) is 0 Å². The highest BCUT2D eigenvalue weighted by Crippen LogP contribution is 2.24. The number of methoxy groups -OCH3 is 1. The minimum atomic E-state index is -0.335. The zero-order valence-corrected chi connectivity index (χ0v) is 15.1. The molecule has 0 saturated carbocycles. The van der Waals surface area contributed by atoms with E-state index in [4.69, 9.17) is 9.47 Å². The summed E-state index contributed by atoms with van der Waals surface area (Å²) < 4.78 is 10.3. The predicted molar refractivity (Wildman–Crippen MR) is 96.2 cm³/mol. The molecule has 2 aromatic rings. The summed E-state index contributed by atoms with van der Waals surface area (Å²) in [7, 11) is 1.56. The Balaban J connectivity index is 2.03. The molecule has 0 spiro atoms. The normalized spacial score (nSPS) is 10.4. The Labute approximate surface area is 147 Å². The molecule has 134 valence electrons. The van der Waals surface area contributed by atoms with Crippen LogP contribution in [0.15, 0.2) is 24.3 Å². The number of anilines is 1. The molecule has 1 amide bonds. The van der Waals surface area contributed by atoms with Crippen LogP contribution >= 0.6 is 0 Å². The van der Waals surface area contributed by atoms with Crippen molar-refractivity contribution < 1.29 is 19.1 Å². The van der Waals surface area contributed by atoms with E-state index in [-0.39, 0.29) is 11.9 Å². The van der Waals surface area contributed by atoms with Crippen molar-refractivity contribution in [2.45, 2.75) is 33.6 Å². The number of nitrogens with one attached hydrogen (secondary N) is 2. The Hall–Kier alpha value is -2.76. The molecule has 2 N–H and O–H groups in total. The first-order chi connectivity index (χ1) is 12.0. The number of esters is 1. The number of aromatic nitrogens is 1. The number of rotatable bonds is 7. The van der Waals surface area contributed by atoms with Gasteiger partial charge in [-0.15, -0.1) is 0 Å². The van der Waals surface area contributed by atoms with Crippen LogP contribution in [0.1, 0.15) is 40.7 Å². The first kappa shape index (κ1) is 18.6. The predicted octanol–water partition coefficient (Wildman–Crippen LogP) is 3.39. The third kappa shape index (κ3) is 4.41. The van der Waals surface area contributed by atoms with E-state index in [9.17, 15) is 9.59 Å². The first-order valence-electron chi connectivity index (χ1n) is 8.25. The molecule has 0 aliphatic carbocycles. The number of benzene rings is 1. The van der Waals surface area contributed by atoms with Crippen LogP contribution in [0.3, 0.4) is 0 Å². The molecule has 1 aromatic heterocycles. The number of amides is 1. The van der Waals surface area contributed by atoms with Gasteiger partial charge in [0.1, 0.15) is 5.75 Å². The molecule has 1 aromatic carbocycles. The van der Waals surface area contributed by atoms with Gasteiger partial charge in [0.15, 0.2) is 0 Å². The van der Waals surface area contributed by atoms with Gasteiger partial charge in [0, 0.05) is 17.8 Å². The highest BCUT2D eigenvalue weighted by Gasteiger charge is 2.19. The van der Waals surface area contributed by atoms with Crippen molar-refractivity contribution >= 4 is 17.6 Å². The summed E-state index contributed by atoms with van der Waals surface area (Å²) in [6.07, 6.45) is 0.800. The summed E-state index contributed by atoms with van der Waals surface area (Å²) in [6.45, 7) is 5.80. The lowest BCUT2D eigenvalue weighted by Gasteiger charge is -2.09. The van der Waals surface area contributed by atoms with Crippen LogP contribution in [0.5, 0.6) is 5.75 Å². The maximum absolute atomic E-state index is 12.2. The van der Waals surface area contributed by atoms with Gasteiger partial charge < -0.3 is 19.8 Å². The van der Waals surface area contributed by atoms with Crippen LogP contribution in [0, 0.1) is 13.8 Å². The quantitative estimate of drug-likeness (QED) is 0.755. The van der Waals surface area contributed by atoms with E-state index in [0.29, 0.717) is 36.4 Å². The first-order valence-corrected chi connectivity index (χ1v) is 8.25. The summed E-state index contributed by atoms with van der Waals surface area (Å²) in [5.41, 5.74) is 3.66. The molecule has 25 heavy (non-hydrogen) atoms. The molecule has 0 aliphatic rings. The van der Waals surface area contributed by atoms with E-state index in [1.807, 2.05) is 26.0 Å². The number of hydrogen-bond donors (Lipinski definition) is 2. The second-order valence-corrected chi connectivity index (χ2v) is 5.70. The Kier molecular flexibility index (Phi) is 6.22. The van der Waals surface area contributed by atoms with Gasteiger partial charge >= 0.3 is 5.97 Å². The summed E-state index contributed by atoms with van der Waals surface area (Å²) in [5.74, 6) is 0.166. The molecule has 0 radical (unpaired) electrons. The molecule has 1 heterocycles. The average molecular weight is 344 g/mol. The lowest BCUT2D eigenvalue weighted by molar-refractivity contribution is -0.116. The lowest BCUT2D eigenvalue weighted by atomic mass is 10.1. The molecule has 0 unspecified atom stereocenters. The van der Waals surface area contributed by atoms with Gasteiger partial charge in [0.2, 0.25) is 5.91 Å². The number of hydrogen-bond acceptors (Lipinski definition) is 4. The van der Waals surface area contributed by atoms with E-state index in [2.05, 4.69) is 10.3 Å². The number of para-hydroxylation sites is 2. The minimum absolute atomic E-state index is 0.117. The Morgan fingerprint density at radius 2 is 1.92 bits per heavy atom. The zero-order valence-electron chi connectivity index (χ0n) is 15.1. The van der Waals surface area contributed by atoms with Gasteiger partial charge in [-0.05, 0) is 44.9 Å². The Morgan fingerprint density at radius 1 is 1.20 bits per heavy atom. The highest BCUT2D eigenvalue weighted by atomic mass is 16.5. The van der Waals surface area contributed by atoms with E-state index < -0.39 is 0 Å². The molecule has 6 heteroatoms. The smallest absolute Gasteiger partial charge is 0.340 e. The lowest BCUT2D eigenvalue weighted by Crippen LogP contribution is -2.13. The van der Waals surface area contributed by atoms with Crippen LogP contribution < -0.4 is 10.1 Å². The van der Waals surface area contributed by atoms with Crippen LogP contribution in [0.4, 0.5) is 5.69 Å². The van der Waals surface area contributed by atoms with E-state index >= 15 is 0 Å². The largest absolute Gasteiger partial charge is 0.495 e. The van der Waals surface area contributed by atoms with Crippen molar-refractivity contribution in [3.63, 3.8) is 0 Å². The van der Waals surface area contributed by atoms with Gasteiger partial charge in [0.25, 0.3) is 0 Å². The molecule has 0 saturated heterocycles. The van der Waals surface area contributed by atoms with Crippen LogP contribution in [-0.2, 0) is 16.0 Å². The van der Waals surface area contributed by atoms with Crippen molar-refractivity contribution in [1.82, 2.24) is 4.98 Å². The average Bonchev–Trinajstić information content (AvgIpc) is 2.87. The van der Waals surface area contributed by atoms with Crippen LogP contribution in [0.2, 0.25) is 0 Å². The number of H-pyrrole nitrogens is 1. The third-order valence-corrected chi connectivity index (χ3v) is 4.00. The summed E-state index contributed by atoms with van der Waals surface area (Å²) in [5, 5.41) is 2.85.